The molecule has 0 saturated carbocycles. The van der Waals surface area contributed by atoms with Crippen LogP contribution < -0.4 is 11.1 Å². The number of nitrogens with zero attached hydrogens (tertiary/aromatic N) is 2. The molecule has 1 rings (SSSR count). The van der Waals surface area contributed by atoms with E-state index in [0.717, 1.165) is 5.69 Å². The van der Waals surface area contributed by atoms with Gasteiger partial charge in [-0.3, -0.25) is 9.48 Å². The summed E-state index contributed by atoms with van der Waals surface area (Å²) in [5.41, 5.74) is 6.22. The zero-order chi connectivity index (χ0) is 10.6. The zero-order valence-corrected chi connectivity index (χ0v) is 8.53. The molecule has 1 aromatic heterocycles. The summed E-state index contributed by atoms with van der Waals surface area (Å²) in [6.45, 7) is 2.63. The summed E-state index contributed by atoms with van der Waals surface area (Å²) in [6.07, 6.45) is 1.84. The molecule has 3 N–H and O–H groups in total. The van der Waals surface area contributed by atoms with Gasteiger partial charge in [-0.25, -0.2) is 0 Å². The standard InChI is InChI=1S/C9H16N4O/c1-7(5-10)9(14)11-6-8-3-4-13(2)12-8/h3-4,7H,5-6,10H2,1-2H3,(H,11,14). The summed E-state index contributed by atoms with van der Waals surface area (Å²) in [5.74, 6) is -0.170. The Balaban J connectivity index is 2.37. The van der Waals surface area contributed by atoms with E-state index >= 15 is 0 Å². The van der Waals surface area contributed by atoms with Gasteiger partial charge in [0.1, 0.15) is 0 Å². The molecular weight excluding hydrogens is 180 g/mol. The minimum atomic E-state index is -0.140. The normalized spacial score (nSPS) is 12.5. The molecule has 0 fully saturated rings. The van der Waals surface area contributed by atoms with Gasteiger partial charge in [-0.2, -0.15) is 5.10 Å². The molecule has 1 atom stereocenters. The van der Waals surface area contributed by atoms with Crippen molar-refractivity contribution in [2.75, 3.05) is 6.54 Å². The van der Waals surface area contributed by atoms with E-state index in [2.05, 4.69) is 10.4 Å². The predicted molar refractivity (Wildman–Crippen MR) is 53.3 cm³/mol. The molecular formula is C9H16N4O. The Morgan fingerprint density at radius 2 is 2.50 bits per heavy atom. The summed E-state index contributed by atoms with van der Waals surface area (Å²) in [4.78, 5) is 11.3. The monoisotopic (exact) mass is 196 g/mol. The van der Waals surface area contributed by atoms with Crippen LogP contribution in [-0.4, -0.2) is 22.2 Å². The maximum atomic E-state index is 11.3. The number of carbonyl (C=O) groups is 1. The first-order valence-electron chi connectivity index (χ1n) is 4.59. The molecule has 0 bridgehead atoms. The highest BCUT2D eigenvalue weighted by Gasteiger charge is 2.10. The van der Waals surface area contributed by atoms with Crippen LogP contribution in [0.1, 0.15) is 12.6 Å². The number of amides is 1. The molecule has 1 aromatic rings. The van der Waals surface area contributed by atoms with Gasteiger partial charge in [0.2, 0.25) is 5.91 Å². The van der Waals surface area contributed by atoms with Crippen molar-refractivity contribution in [2.24, 2.45) is 18.7 Å². The maximum Gasteiger partial charge on any atom is 0.224 e. The van der Waals surface area contributed by atoms with E-state index in [1.807, 2.05) is 19.3 Å². The van der Waals surface area contributed by atoms with Gasteiger partial charge in [-0.05, 0) is 6.07 Å². The smallest absolute Gasteiger partial charge is 0.224 e. The summed E-state index contributed by atoms with van der Waals surface area (Å²) in [6, 6.07) is 1.87. The third-order valence-corrected chi connectivity index (χ3v) is 2.01. The number of hydrogen-bond donors (Lipinski definition) is 2. The molecule has 78 valence electrons. The molecule has 0 radical (unpaired) electrons. The van der Waals surface area contributed by atoms with Crippen LogP contribution >= 0.6 is 0 Å². The van der Waals surface area contributed by atoms with Gasteiger partial charge in [-0.1, -0.05) is 6.92 Å². The van der Waals surface area contributed by atoms with Gasteiger partial charge in [0.05, 0.1) is 12.2 Å². The first kappa shape index (κ1) is 10.7. The van der Waals surface area contributed by atoms with Crippen LogP contribution in [0, 0.1) is 5.92 Å². The second-order valence-corrected chi connectivity index (χ2v) is 3.34. The number of aromatic nitrogens is 2. The van der Waals surface area contributed by atoms with Crippen LogP contribution in [-0.2, 0) is 18.4 Å². The average Bonchev–Trinajstić information content (AvgIpc) is 2.59. The van der Waals surface area contributed by atoms with Gasteiger partial charge in [-0.15, -0.1) is 0 Å². The highest BCUT2D eigenvalue weighted by Crippen LogP contribution is 1.95. The van der Waals surface area contributed by atoms with E-state index in [9.17, 15) is 4.79 Å². The summed E-state index contributed by atoms with van der Waals surface area (Å²) < 4.78 is 1.70. The molecule has 14 heavy (non-hydrogen) atoms. The van der Waals surface area contributed by atoms with Crippen LogP contribution in [0.3, 0.4) is 0 Å². The molecule has 0 aromatic carbocycles. The Labute approximate surface area is 83.3 Å². The topological polar surface area (TPSA) is 72.9 Å². The molecule has 0 saturated heterocycles. The number of nitrogens with one attached hydrogen (secondary N) is 1. The van der Waals surface area contributed by atoms with E-state index < -0.39 is 0 Å². The van der Waals surface area contributed by atoms with Crippen LogP contribution in [0.4, 0.5) is 0 Å². The van der Waals surface area contributed by atoms with Crippen LogP contribution in [0.2, 0.25) is 0 Å². The lowest BCUT2D eigenvalue weighted by Gasteiger charge is -2.08. The average molecular weight is 196 g/mol. The van der Waals surface area contributed by atoms with Gasteiger partial charge >= 0.3 is 0 Å². The molecule has 1 unspecified atom stereocenters. The van der Waals surface area contributed by atoms with Crippen molar-refractivity contribution in [3.05, 3.63) is 18.0 Å². The fraction of sp³-hybridized carbons (Fsp3) is 0.556. The third kappa shape index (κ3) is 2.85. The van der Waals surface area contributed by atoms with Crippen molar-refractivity contribution in [1.82, 2.24) is 15.1 Å². The van der Waals surface area contributed by atoms with E-state index in [1.165, 1.54) is 0 Å². The SMILES string of the molecule is CC(CN)C(=O)NCc1ccn(C)n1. The second kappa shape index (κ2) is 4.76. The van der Waals surface area contributed by atoms with Gasteiger partial charge in [0.15, 0.2) is 0 Å². The molecule has 1 amide bonds. The molecule has 0 spiro atoms. The Hall–Kier alpha value is -1.36. The fourth-order valence-corrected chi connectivity index (χ4v) is 1.02. The van der Waals surface area contributed by atoms with Crippen LogP contribution in [0.25, 0.3) is 0 Å². The highest BCUT2D eigenvalue weighted by atomic mass is 16.1. The van der Waals surface area contributed by atoms with E-state index in [0.29, 0.717) is 13.1 Å². The Bertz CT molecular complexity index is 308. The lowest BCUT2D eigenvalue weighted by atomic mass is 10.2. The Kier molecular flexibility index (Phi) is 3.64. The first-order valence-corrected chi connectivity index (χ1v) is 4.59. The molecule has 0 aliphatic rings. The highest BCUT2D eigenvalue weighted by molar-refractivity contribution is 5.78. The summed E-state index contributed by atoms with van der Waals surface area (Å²) in [7, 11) is 1.84. The van der Waals surface area contributed by atoms with Crippen molar-refractivity contribution >= 4 is 5.91 Å². The van der Waals surface area contributed by atoms with Crippen LogP contribution in [0.15, 0.2) is 12.3 Å². The number of hydrogen-bond acceptors (Lipinski definition) is 3. The number of aryl methyl sites for hydroxylation is 1. The lowest BCUT2D eigenvalue weighted by Crippen LogP contribution is -2.32. The Morgan fingerprint density at radius 3 is 3.00 bits per heavy atom. The van der Waals surface area contributed by atoms with E-state index in [-0.39, 0.29) is 11.8 Å². The third-order valence-electron chi connectivity index (χ3n) is 2.01. The van der Waals surface area contributed by atoms with Gasteiger partial charge in [0.25, 0.3) is 0 Å². The largest absolute Gasteiger partial charge is 0.350 e. The lowest BCUT2D eigenvalue weighted by molar-refractivity contribution is -0.124. The fourth-order valence-electron chi connectivity index (χ4n) is 1.02. The Morgan fingerprint density at radius 1 is 1.79 bits per heavy atom. The first-order chi connectivity index (χ1) is 6.63. The maximum absolute atomic E-state index is 11.3. The van der Waals surface area contributed by atoms with Gasteiger partial charge in [0, 0.05) is 25.7 Å². The van der Waals surface area contributed by atoms with Crippen molar-refractivity contribution in [2.45, 2.75) is 13.5 Å². The number of nitrogens with two attached hydrogens (primary N) is 1. The zero-order valence-electron chi connectivity index (χ0n) is 8.53. The molecule has 5 heteroatoms. The minimum Gasteiger partial charge on any atom is -0.350 e. The summed E-state index contributed by atoms with van der Waals surface area (Å²) in [5, 5.41) is 6.91. The van der Waals surface area contributed by atoms with Crippen LogP contribution in [0.5, 0.6) is 0 Å². The molecule has 5 nitrogen and oxygen atoms in total. The van der Waals surface area contributed by atoms with E-state index in [1.54, 1.807) is 11.6 Å². The number of rotatable bonds is 4. The van der Waals surface area contributed by atoms with E-state index in [4.69, 9.17) is 5.73 Å². The molecule has 0 aliphatic carbocycles. The number of carbonyl (C=O) groups excluding carboxylic acids is 1. The predicted octanol–water partition coefficient (Wildman–Crippen LogP) is -0.369. The molecule has 0 aliphatic heterocycles. The summed E-state index contributed by atoms with van der Waals surface area (Å²) >= 11 is 0. The molecule has 1 heterocycles. The quantitative estimate of drug-likeness (QED) is 0.690. The minimum absolute atomic E-state index is 0.0295. The van der Waals surface area contributed by atoms with Crippen molar-refractivity contribution in [1.29, 1.82) is 0 Å². The van der Waals surface area contributed by atoms with Gasteiger partial charge < -0.3 is 11.1 Å². The van der Waals surface area contributed by atoms with Crippen molar-refractivity contribution in [3.8, 4) is 0 Å². The van der Waals surface area contributed by atoms with Crippen molar-refractivity contribution in [3.63, 3.8) is 0 Å². The second-order valence-electron chi connectivity index (χ2n) is 3.34. The van der Waals surface area contributed by atoms with Crippen molar-refractivity contribution < 1.29 is 4.79 Å².